The third-order valence-electron chi connectivity index (χ3n) is 2.68. The van der Waals surface area contributed by atoms with E-state index in [0.717, 1.165) is 18.5 Å². The molecule has 2 heterocycles. The zero-order valence-corrected chi connectivity index (χ0v) is 9.54. The van der Waals surface area contributed by atoms with Gasteiger partial charge in [-0.25, -0.2) is 0 Å². The molecule has 3 heteroatoms. The van der Waals surface area contributed by atoms with Crippen LogP contribution in [0.4, 0.5) is 0 Å². The Kier molecular flexibility index (Phi) is 2.73. The number of aryl methyl sites for hydroxylation is 1. The van der Waals surface area contributed by atoms with E-state index < -0.39 is 0 Å². The summed E-state index contributed by atoms with van der Waals surface area (Å²) in [6.45, 7) is 3.17. The van der Waals surface area contributed by atoms with Crippen LogP contribution in [0.2, 0.25) is 0 Å². The molecule has 0 unspecified atom stereocenters. The molecule has 80 valence electrons. The Morgan fingerprint density at radius 1 is 1.40 bits per heavy atom. The van der Waals surface area contributed by atoms with Gasteiger partial charge in [-0.3, -0.25) is 4.98 Å². The zero-order chi connectivity index (χ0) is 10.8. The topological polar surface area (TPSA) is 31.9 Å². The van der Waals surface area contributed by atoms with E-state index in [2.05, 4.69) is 42.1 Å². The predicted octanol–water partition coefficient (Wildman–Crippen LogP) is 1.98. The number of H-pyrrole nitrogens is 1. The summed E-state index contributed by atoms with van der Waals surface area (Å²) in [5, 5.41) is 0. The van der Waals surface area contributed by atoms with E-state index >= 15 is 0 Å². The Morgan fingerprint density at radius 2 is 2.20 bits per heavy atom. The highest BCUT2D eigenvalue weighted by Crippen LogP contribution is 2.18. The van der Waals surface area contributed by atoms with Crippen molar-refractivity contribution in [1.29, 1.82) is 0 Å². The molecule has 3 nitrogen and oxygen atoms in total. The van der Waals surface area contributed by atoms with Gasteiger partial charge in [-0.1, -0.05) is 0 Å². The molecular weight excluding hydrogens is 186 g/mol. The summed E-state index contributed by atoms with van der Waals surface area (Å²) < 4.78 is 0. The SMILES string of the molecule is Cc1ccnc2c(CCN(C)C)c[nH]c12. The lowest BCUT2D eigenvalue weighted by atomic mass is 10.1. The highest BCUT2D eigenvalue weighted by molar-refractivity contribution is 5.81. The van der Waals surface area contributed by atoms with Gasteiger partial charge < -0.3 is 9.88 Å². The molecule has 2 aromatic heterocycles. The lowest BCUT2D eigenvalue weighted by Gasteiger charge is -2.07. The van der Waals surface area contributed by atoms with Gasteiger partial charge in [-0.2, -0.15) is 0 Å². The predicted molar refractivity (Wildman–Crippen MR) is 63.1 cm³/mol. The van der Waals surface area contributed by atoms with Crippen molar-refractivity contribution in [3.05, 3.63) is 29.6 Å². The number of likely N-dealkylation sites (N-methyl/N-ethyl adjacent to an activating group) is 1. The van der Waals surface area contributed by atoms with Crippen molar-refractivity contribution in [3.63, 3.8) is 0 Å². The van der Waals surface area contributed by atoms with Gasteiger partial charge in [0.25, 0.3) is 0 Å². The zero-order valence-electron chi connectivity index (χ0n) is 9.54. The summed E-state index contributed by atoms with van der Waals surface area (Å²) in [5.41, 5.74) is 4.86. The first kappa shape index (κ1) is 10.2. The van der Waals surface area contributed by atoms with Crippen molar-refractivity contribution >= 4 is 11.0 Å². The maximum atomic E-state index is 4.43. The number of fused-ring (bicyclic) bond motifs is 1. The Labute approximate surface area is 90.1 Å². The van der Waals surface area contributed by atoms with Gasteiger partial charge in [0.05, 0.1) is 11.0 Å². The third-order valence-corrected chi connectivity index (χ3v) is 2.68. The highest BCUT2D eigenvalue weighted by atomic mass is 15.0. The molecule has 0 atom stereocenters. The van der Waals surface area contributed by atoms with Crippen molar-refractivity contribution in [2.75, 3.05) is 20.6 Å². The second-order valence-corrected chi connectivity index (χ2v) is 4.22. The van der Waals surface area contributed by atoms with Crippen LogP contribution in [0.5, 0.6) is 0 Å². The van der Waals surface area contributed by atoms with E-state index in [0.29, 0.717) is 0 Å². The normalized spacial score (nSPS) is 11.5. The Morgan fingerprint density at radius 3 is 2.93 bits per heavy atom. The summed E-state index contributed by atoms with van der Waals surface area (Å²) >= 11 is 0. The fourth-order valence-corrected chi connectivity index (χ4v) is 1.75. The molecule has 0 saturated heterocycles. The van der Waals surface area contributed by atoms with Crippen molar-refractivity contribution in [1.82, 2.24) is 14.9 Å². The minimum absolute atomic E-state index is 1.05. The maximum absolute atomic E-state index is 4.43. The first-order valence-corrected chi connectivity index (χ1v) is 5.25. The standard InChI is InChI=1S/C12H17N3/c1-9-4-6-13-12-10(5-7-15(2)3)8-14-11(9)12/h4,6,8,14H,5,7H2,1-3H3. The van der Waals surface area contributed by atoms with Crippen molar-refractivity contribution in [2.45, 2.75) is 13.3 Å². The van der Waals surface area contributed by atoms with Crippen LogP contribution < -0.4 is 0 Å². The molecule has 1 N–H and O–H groups in total. The summed E-state index contributed by atoms with van der Waals surface area (Å²) in [5.74, 6) is 0. The molecule has 15 heavy (non-hydrogen) atoms. The lowest BCUT2D eigenvalue weighted by molar-refractivity contribution is 0.414. The Bertz CT molecular complexity index is 457. The van der Waals surface area contributed by atoms with Crippen LogP contribution in [0.25, 0.3) is 11.0 Å². The van der Waals surface area contributed by atoms with Gasteiger partial charge in [0, 0.05) is 18.9 Å². The number of nitrogens with one attached hydrogen (secondary N) is 1. The van der Waals surface area contributed by atoms with E-state index in [4.69, 9.17) is 0 Å². The van der Waals surface area contributed by atoms with Crippen LogP contribution >= 0.6 is 0 Å². The average Bonchev–Trinajstić information content (AvgIpc) is 2.59. The number of aromatic amines is 1. The van der Waals surface area contributed by atoms with Crippen LogP contribution in [0.1, 0.15) is 11.1 Å². The van der Waals surface area contributed by atoms with Crippen molar-refractivity contribution < 1.29 is 0 Å². The number of aromatic nitrogens is 2. The molecule has 0 spiro atoms. The largest absolute Gasteiger partial charge is 0.359 e. The third kappa shape index (κ3) is 2.02. The molecule has 0 radical (unpaired) electrons. The number of rotatable bonds is 3. The molecule has 0 aromatic carbocycles. The van der Waals surface area contributed by atoms with Gasteiger partial charge in [0.2, 0.25) is 0 Å². The van der Waals surface area contributed by atoms with Crippen LogP contribution in [0.15, 0.2) is 18.5 Å². The van der Waals surface area contributed by atoms with Gasteiger partial charge in [0.1, 0.15) is 0 Å². The second-order valence-electron chi connectivity index (χ2n) is 4.22. The molecule has 0 amide bonds. The Hall–Kier alpha value is -1.35. The molecular formula is C12H17N3. The summed E-state index contributed by atoms with van der Waals surface area (Å²) in [7, 11) is 4.18. The lowest BCUT2D eigenvalue weighted by Crippen LogP contribution is -2.14. The molecule has 2 aromatic rings. The van der Waals surface area contributed by atoms with E-state index in [1.54, 1.807) is 0 Å². The highest BCUT2D eigenvalue weighted by Gasteiger charge is 2.06. The fraction of sp³-hybridized carbons (Fsp3) is 0.417. The van der Waals surface area contributed by atoms with E-state index in [9.17, 15) is 0 Å². The van der Waals surface area contributed by atoms with Crippen LogP contribution in [-0.2, 0) is 6.42 Å². The summed E-state index contributed by atoms with van der Waals surface area (Å²) in [6, 6.07) is 2.04. The monoisotopic (exact) mass is 203 g/mol. The van der Waals surface area contributed by atoms with Crippen molar-refractivity contribution in [2.24, 2.45) is 0 Å². The molecule has 0 aliphatic carbocycles. The number of hydrogen-bond donors (Lipinski definition) is 1. The molecule has 0 bridgehead atoms. The van der Waals surface area contributed by atoms with Gasteiger partial charge in [-0.05, 0) is 44.6 Å². The Balaban J connectivity index is 2.33. The van der Waals surface area contributed by atoms with Crippen LogP contribution in [0.3, 0.4) is 0 Å². The fourth-order valence-electron chi connectivity index (χ4n) is 1.75. The molecule has 0 fully saturated rings. The smallest absolute Gasteiger partial charge is 0.0913 e. The number of hydrogen-bond acceptors (Lipinski definition) is 2. The number of pyridine rings is 1. The maximum Gasteiger partial charge on any atom is 0.0913 e. The minimum Gasteiger partial charge on any atom is -0.359 e. The van der Waals surface area contributed by atoms with Crippen LogP contribution in [-0.4, -0.2) is 35.5 Å². The van der Waals surface area contributed by atoms with E-state index in [-0.39, 0.29) is 0 Å². The first-order chi connectivity index (χ1) is 7.18. The second kappa shape index (κ2) is 4.03. The first-order valence-electron chi connectivity index (χ1n) is 5.25. The summed E-state index contributed by atoms with van der Waals surface area (Å²) in [6.07, 6.45) is 5.00. The van der Waals surface area contributed by atoms with Crippen molar-refractivity contribution in [3.8, 4) is 0 Å². The summed E-state index contributed by atoms with van der Waals surface area (Å²) in [4.78, 5) is 9.92. The van der Waals surface area contributed by atoms with E-state index in [1.807, 2.05) is 12.3 Å². The molecule has 2 rings (SSSR count). The molecule has 0 saturated carbocycles. The van der Waals surface area contributed by atoms with Crippen LogP contribution in [0, 0.1) is 6.92 Å². The average molecular weight is 203 g/mol. The van der Waals surface area contributed by atoms with Gasteiger partial charge in [-0.15, -0.1) is 0 Å². The molecule has 0 aliphatic heterocycles. The quantitative estimate of drug-likeness (QED) is 0.827. The number of nitrogens with zero attached hydrogens (tertiary/aromatic N) is 2. The minimum atomic E-state index is 1.05. The molecule has 0 aliphatic rings. The van der Waals surface area contributed by atoms with Gasteiger partial charge >= 0.3 is 0 Å². The van der Waals surface area contributed by atoms with E-state index in [1.165, 1.54) is 16.6 Å². The van der Waals surface area contributed by atoms with Gasteiger partial charge in [0.15, 0.2) is 0 Å².